The summed E-state index contributed by atoms with van der Waals surface area (Å²) >= 11 is 0. The second-order valence-electron chi connectivity index (χ2n) is 9.22. The van der Waals surface area contributed by atoms with Crippen molar-refractivity contribution in [3.8, 4) is 0 Å². The first-order valence-corrected chi connectivity index (χ1v) is 12.3. The third kappa shape index (κ3) is 7.66. The van der Waals surface area contributed by atoms with Gasteiger partial charge in [-0.15, -0.1) is 0 Å². The molecule has 1 aliphatic carbocycles. The summed E-state index contributed by atoms with van der Waals surface area (Å²) in [5.74, 6) is -1.50. The van der Waals surface area contributed by atoms with Crippen molar-refractivity contribution in [2.24, 2.45) is 0 Å². The molecule has 0 saturated heterocycles. The Labute approximate surface area is 203 Å². The van der Waals surface area contributed by atoms with Crippen LogP contribution in [0.25, 0.3) is 0 Å². The highest BCUT2D eigenvalue weighted by Gasteiger charge is 2.49. The number of aliphatic hydroxyl groups is 1. The van der Waals surface area contributed by atoms with Crippen LogP contribution >= 0.6 is 0 Å². The molecule has 1 aliphatic heterocycles. The fourth-order valence-electron chi connectivity index (χ4n) is 3.80. The Kier molecular flexibility index (Phi) is 10.7. The van der Waals surface area contributed by atoms with E-state index in [1.807, 2.05) is 12.2 Å². The quantitative estimate of drug-likeness (QED) is 0.124. The van der Waals surface area contributed by atoms with Crippen LogP contribution in [-0.2, 0) is 23.9 Å². The lowest BCUT2D eigenvalue weighted by Crippen LogP contribution is -2.50. The highest BCUT2D eigenvalue weighted by molar-refractivity contribution is 6.26. The van der Waals surface area contributed by atoms with Gasteiger partial charge in [0.1, 0.15) is 12.0 Å². The number of carbonyl (C=O) groups is 3. The number of ketones is 2. The van der Waals surface area contributed by atoms with E-state index >= 15 is 0 Å². The Morgan fingerprint density at radius 2 is 1.82 bits per heavy atom. The summed E-state index contributed by atoms with van der Waals surface area (Å²) in [6.07, 6.45) is 18.8. The molecule has 0 saturated carbocycles. The van der Waals surface area contributed by atoms with Crippen LogP contribution in [0, 0.1) is 0 Å². The molecule has 2 atom stereocenters. The summed E-state index contributed by atoms with van der Waals surface area (Å²) < 4.78 is 10.8. The molecule has 186 valence electrons. The molecule has 2 rings (SSSR count). The molecule has 2 unspecified atom stereocenters. The summed E-state index contributed by atoms with van der Waals surface area (Å²) in [6.45, 7) is 6.73. The lowest BCUT2D eigenvalue weighted by molar-refractivity contribution is -0.165. The molecule has 0 fully saturated rings. The van der Waals surface area contributed by atoms with E-state index in [2.05, 4.69) is 6.92 Å². The average Bonchev–Trinajstić information content (AvgIpc) is 2.78. The van der Waals surface area contributed by atoms with E-state index in [4.69, 9.17) is 9.47 Å². The number of allylic oxidation sites excluding steroid dienone is 5. The van der Waals surface area contributed by atoms with Crippen molar-refractivity contribution < 1.29 is 29.0 Å². The molecule has 2 aliphatic rings. The fraction of sp³-hybridized carbons (Fsp3) is 0.536. The zero-order valence-electron chi connectivity index (χ0n) is 20.9. The van der Waals surface area contributed by atoms with E-state index in [0.717, 1.165) is 12.8 Å². The Balaban J connectivity index is 1.92. The molecule has 6 heteroatoms. The maximum absolute atomic E-state index is 13.0. The summed E-state index contributed by atoms with van der Waals surface area (Å²) in [5.41, 5.74) is -1.08. The number of Topliss-reactive ketones (excluding diaryl/α,β-unsaturated/α-hetero) is 1. The number of esters is 1. The molecule has 0 bridgehead atoms. The molecule has 0 aromatic heterocycles. The third-order valence-electron chi connectivity index (χ3n) is 5.96. The Morgan fingerprint density at radius 1 is 1.15 bits per heavy atom. The number of fused-ring (bicyclic) bond motifs is 1. The zero-order chi connectivity index (χ0) is 25.1. The first-order chi connectivity index (χ1) is 16.2. The van der Waals surface area contributed by atoms with Gasteiger partial charge in [0.2, 0.25) is 17.2 Å². The van der Waals surface area contributed by atoms with Crippen molar-refractivity contribution in [2.75, 3.05) is 0 Å². The highest BCUT2D eigenvalue weighted by Crippen LogP contribution is 2.34. The number of aliphatic hydroxyl groups excluding tert-OH is 1. The lowest BCUT2D eigenvalue weighted by Gasteiger charge is -2.31. The minimum absolute atomic E-state index is 0.167. The minimum Gasteiger partial charge on any atom is -0.468 e. The number of hydrogen-bond acceptors (Lipinski definition) is 6. The van der Waals surface area contributed by atoms with Crippen LogP contribution in [0.2, 0.25) is 0 Å². The summed E-state index contributed by atoms with van der Waals surface area (Å²) in [7, 11) is 0. The standard InChI is InChI=1S/C28H38O6/c1-5-6-7-8-9-10-11-12-13-14-15-20(2)27(32)34-28(4)25(30)18-22-17-23(16-21(3)29)33-19-24(22)26(28)31/h13-15,17-19,21,29H,5-12,16H2,1-4H3. The van der Waals surface area contributed by atoms with Crippen LogP contribution in [0.1, 0.15) is 85.5 Å². The van der Waals surface area contributed by atoms with Gasteiger partial charge in [-0.3, -0.25) is 9.59 Å². The topological polar surface area (TPSA) is 89.9 Å². The summed E-state index contributed by atoms with van der Waals surface area (Å²) in [4.78, 5) is 38.4. The van der Waals surface area contributed by atoms with Gasteiger partial charge in [0.15, 0.2) is 0 Å². The van der Waals surface area contributed by atoms with Crippen molar-refractivity contribution in [3.63, 3.8) is 0 Å². The molecular weight excluding hydrogens is 432 g/mol. The van der Waals surface area contributed by atoms with Crippen molar-refractivity contribution in [3.05, 3.63) is 59.1 Å². The van der Waals surface area contributed by atoms with Gasteiger partial charge in [0.05, 0.1) is 11.7 Å². The zero-order valence-corrected chi connectivity index (χ0v) is 20.9. The number of hydrogen-bond donors (Lipinski definition) is 1. The normalized spacial score (nSPS) is 21.4. The molecule has 34 heavy (non-hydrogen) atoms. The van der Waals surface area contributed by atoms with Gasteiger partial charge in [-0.1, -0.05) is 63.7 Å². The first kappa shape index (κ1) is 27.5. The predicted octanol–water partition coefficient (Wildman–Crippen LogP) is 5.58. The summed E-state index contributed by atoms with van der Waals surface area (Å²) in [6, 6.07) is 0. The summed E-state index contributed by atoms with van der Waals surface area (Å²) in [5, 5.41) is 9.53. The molecule has 0 aromatic rings. The molecular formula is C28H38O6. The molecule has 6 nitrogen and oxygen atoms in total. The van der Waals surface area contributed by atoms with Crippen LogP contribution < -0.4 is 0 Å². The van der Waals surface area contributed by atoms with Crippen LogP contribution in [0.4, 0.5) is 0 Å². The van der Waals surface area contributed by atoms with Crippen LogP contribution in [-0.4, -0.2) is 34.3 Å². The van der Waals surface area contributed by atoms with Gasteiger partial charge in [-0.25, -0.2) is 4.79 Å². The van der Waals surface area contributed by atoms with Crippen molar-refractivity contribution in [2.45, 2.75) is 97.2 Å². The van der Waals surface area contributed by atoms with Gasteiger partial charge in [0, 0.05) is 12.0 Å². The minimum atomic E-state index is -1.94. The number of rotatable bonds is 13. The van der Waals surface area contributed by atoms with Crippen molar-refractivity contribution >= 4 is 17.5 Å². The van der Waals surface area contributed by atoms with E-state index in [1.54, 1.807) is 26.0 Å². The van der Waals surface area contributed by atoms with Gasteiger partial charge in [0.25, 0.3) is 0 Å². The van der Waals surface area contributed by atoms with E-state index < -0.39 is 29.2 Å². The molecule has 0 aromatic carbocycles. The van der Waals surface area contributed by atoms with Crippen LogP contribution in [0.3, 0.4) is 0 Å². The lowest BCUT2D eigenvalue weighted by atomic mass is 9.80. The molecule has 1 N–H and O–H groups in total. The predicted molar refractivity (Wildman–Crippen MR) is 132 cm³/mol. The van der Waals surface area contributed by atoms with Crippen molar-refractivity contribution in [1.82, 2.24) is 0 Å². The van der Waals surface area contributed by atoms with E-state index in [0.29, 0.717) is 16.9 Å². The second kappa shape index (κ2) is 13.2. The number of ether oxygens (including phenoxy) is 2. The van der Waals surface area contributed by atoms with E-state index in [-0.39, 0.29) is 12.0 Å². The maximum Gasteiger partial charge on any atom is 0.335 e. The Hall–Kier alpha value is -2.73. The van der Waals surface area contributed by atoms with Gasteiger partial charge >= 0.3 is 5.97 Å². The number of unbranched alkanes of at least 4 members (excludes halogenated alkanes) is 7. The van der Waals surface area contributed by atoms with Gasteiger partial charge in [-0.2, -0.15) is 0 Å². The monoisotopic (exact) mass is 470 g/mol. The Bertz CT molecular complexity index is 915. The number of carbonyl (C=O) groups excluding carboxylic acids is 3. The SMILES string of the molecule is CCCCCCCCCC=CC=C(C)C(=O)OC1(C)C(=O)C=C2C=C(CC(C)O)OC=C2C1=O. The molecule has 0 spiro atoms. The van der Waals surface area contributed by atoms with E-state index in [1.165, 1.54) is 57.8 Å². The van der Waals surface area contributed by atoms with Crippen molar-refractivity contribution in [1.29, 1.82) is 0 Å². The second-order valence-corrected chi connectivity index (χ2v) is 9.22. The first-order valence-electron chi connectivity index (χ1n) is 12.3. The maximum atomic E-state index is 13.0. The largest absolute Gasteiger partial charge is 0.468 e. The molecule has 0 radical (unpaired) electrons. The average molecular weight is 471 g/mol. The van der Waals surface area contributed by atoms with Crippen LogP contribution in [0.15, 0.2) is 59.1 Å². The third-order valence-corrected chi connectivity index (χ3v) is 5.96. The highest BCUT2D eigenvalue weighted by atomic mass is 16.6. The smallest absolute Gasteiger partial charge is 0.335 e. The van der Waals surface area contributed by atoms with Gasteiger partial charge in [-0.05, 0) is 51.3 Å². The molecule has 0 amide bonds. The van der Waals surface area contributed by atoms with E-state index in [9.17, 15) is 19.5 Å². The van der Waals surface area contributed by atoms with Gasteiger partial charge < -0.3 is 14.6 Å². The van der Waals surface area contributed by atoms with Crippen LogP contribution in [0.5, 0.6) is 0 Å². The fourth-order valence-corrected chi connectivity index (χ4v) is 3.80. The molecule has 1 heterocycles. The Morgan fingerprint density at radius 3 is 2.50 bits per heavy atom.